The van der Waals surface area contributed by atoms with Crippen molar-refractivity contribution in [1.29, 1.82) is 0 Å². The lowest BCUT2D eigenvalue weighted by Gasteiger charge is -2.38. The van der Waals surface area contributed by atoms with Gasteiger partial charge in [-0.2, -0.15) is 0 Å². The number of hydrogen-bond acceptors (Lipinski definition) is 7. The summed E-state index contributed by atoms with van der Waals surface area (Å²) in [6.07, 6.45) is 7.24. The van der Waals surface area contributed by atoms with Crippen LogP contribution in [-0.4, -0.2) is 81.4 Å². The van der Waals surface area contributed by atoms with Gasteiger partial charge in [0.1, 0.15) is 5.70 Å². The third-order valence-electron chi connectivity index (χ3n) is 8.12. The first-order valence-electron chi connectivity index (χ1n) is 14.2. The summed E-state index contributed by atoms with van der Waals surface area (Å²) in [7, 11) is 1.73. The van der Waals surface area contributed by atoms with E-state index in [0.29, 0.717) is 49.3 Å². The molecule has 3 aliphatic heterocycles. The summed E-state index contributed by atoms with van der Waals surface area (Å²) < 4.78 is 17.5. The number of hydrogen-bond donors (Lipinski definition) is 3. The molecule has 1 aromatic rings. The van der Waals surface area contributed by atoms with Crippen LogP contribution in [0.5, 0.6) is 0 Å². The Bertz CT molecular complexity index is 1010. The summed E-state index contributed by atoms with van der Waals surface area (Å²) in [4.78, 5) is 19.6. The van der Waals surface area contributed by atoms with Gasteiger partial charge in [0.25, 0.3) is 5.91 Å². The predicted octanol–water partition coefficient (Wildman–Crippen LogP) is 3.05. The first-order chi connectivity index (χ1) is 19.0. The molecular formula is C30H45N5O4. The number of nitrogens with zero attached hydrogens (tertiary/aromatic N) is 2. The summed E-state index contributed by atoms with van der Waals surface area (Å²) in [5.74, 6) is -0.116. The van der Waals surface area contributed by atoms with Crippen molar-refractivity contribution in [1.82, 2.24) is 15.5 Å². The van der Waals surface area contributed by atoms with Gasteiger partial charge in [-0.15, -0.1) is 0 Å². The van der Waals surface area contributed by atoms with Crippen molar-refractivity contribution in [2.45, 2.75) is 75.8 Å². The first-order valence-corrected chi connectivity index (χ1v) is 14.2. The Balaban J connectivity index is 1.30. The zero-order valence-corrected chi connectivity index (χ0v) is 23.4. The van der Waals surface area contributed by atoms with Crippen molar-refractivity contribution >= 4 is 12.2 Å². The van der Waals surface area contributed by atoms with E-state index in [0.717, 1.165) is 45.1 Å². The number of benzene rings is 1. The van der Waals surface area contributed by atoms with Crippen LogP contribution >= 0.6 is 0 Å². The molecule has 0 aliphatic carbocycles. The Morgan fingerprint density at radius 1 is 1.21 bits per heavy atom. The predicted molar refractivity (Wildman–Crippen MR) is 153 cm³/mol. The molecule has 0 saturated carbocycles. The first kappa shape index (κ1) is 29.3. The van der Waals surface area contributed by atoms with Crippen LogP contribution in [0.3, 0.4) is 0 Å². The highest BCUT2D eigenvalue weighted by molar-refractivity contribution is 5.95. The van der Waals surface area contributed by atoms with Crippen molar-refractivity contribution in [3.63, 3.8) is 0 Å². The number of piperidine rings is 1. The molecule has 9 heteroatoms. The van der Waals surface area contributed by atoms with Gasteiger partial charge in [-0.25, -0.2) is 4.99 Å². The number of aliphatic imine (C=N–C) groups is 1. The minimum Gasteiger partial charge on any atom is -0.390 e. The highest BCUT2D eigenvalue weighted by atomic mass is 16.5. The molecule has 3 fully saturated rings. The zero-order chi connectivity index (χ0) is 27.6. The molecule has 1 amide bonds. The number of carbonyl (C=O) groups is 1. The van der Waals surface area contributed by atoms with Gasteiger partial charge in [0, 0.05) is 56.7 Å². The van der Waals surface area contributed by atoms with Gasteiger partial charge in [0.2, 0.25) is 0 Å². The van der Waals surface area contributed by atoms with Crippen molar-refractivity contribution in [3.05, 3.63) is 59.4 Å². The van der Waals surface area contributed by atoms with E-state index < -0.39 is 0 Å². The van der Waals surface area contributed by atoms with Crippen LogP contribution < -0.4 is 16.4 Å². The highest BCUT2D eigenvalue weighted by Crippen LogP contribution is 2.31. The van der Waals surface area contributed by atoms with E-state index in [-0.39, 0.29) is 30.3 Å². The zero-order valence-electron chi connectivity index (χ0n) is 23.4. The Morgan fingerprint density at radius 2 is 1.97 bits per heavy atom. The standard InChI is InChI=1S/C30H45N5O4/c1-21(22(2)32-18-25-10-7-11-27(39-25)23-8-5-4-6-9-23)29(33-20-31)30(36)35-15-12-24(13-16-35)34-26-14-17-38-19-28(26)37-3/h4-6,8-9,20,24-28,32,34H,2,7,10-19H2,1,3H3,(H2,31,33)/b29-21-/t25-,26-,27+,28+/m0/s1. The maximum Gasteiger partial charge on any atom is 0.272 e. The van der Waals surface area contributed by atoms with Gasteiger partial charge in [0.05, 0.1) is 31.3 Å². The van der Waals surface area contributed by atoms with Crippen molar-refractivity contribution in [2.75, 3.05) is 40.0 Å². The van der Waals surface area contributed by atoms with E-state index in [4.69, 9.17) is 19.9 Å². The molecule has 4 atom stereocenters. The second kappa shape index (κ2) is 14.6. The number of allylic oxidation sites excluding steroid dienone is 1. The quantitative estimate of drug-likeness (QED) is 0.181. The van der Waals surface area contributed by atoms with E-state index in [9.17, 15) is 4.79 Å². The molecule has 3 aliphatic rings. The summed E-state index contributed by atoms with van der Waals surface area (Å²) in [6, 6.07) is 11.0. The summed E-state index contributed by atoms with van der Waals surface area (Å²) in [5, 5.41) is 7.12. The van der Waals surface area contributed by atoms with Crippen LogP contribution in [0.4, 0.5) is 0 Å². The van der Waals surface area contributed by atoms with Crippen LogP contribution in [0.2, 0.25) is 0 Å². The molecule has 3 saturated heterocycles. The second-order valence-corrected chi connectivity index (χ2v) is 10.7. The molecule has 4 N–H and O–H groups in total. The number of amides is 1. The Kier molecular flexibility index (Phi) is 11.0. The van der Waals surface area contributed by atoms with Crippen LogP contribution in [0.1, 0.15) is 57.1 Å². The van der Waals surface area contributed by atoms with Crippen molar-refractivity contribution in [3.8, 4) is 0 Å². The average Bonchev–Trinajstić information content (AvgIpc) is 2.99. The minimum absolute atomic E-state index is 0.0660. The van der Waals surface area contributed by atoms with Gasteiger partial charge in [-0.1, -0.05) is 36.9 Å². The van der Waals surface area contributed by atoms with Crippen molar-refractivity contribution in [2.24, 2.45) is 10.7 Å². The SMILES string of the molecule is C=C(NC[C@@H]1CCC[C@H](c2ccccc2)O1)/C(C)=C(\N=C/N)C(=O)N1CCC(N[C@H]2CCOC[C@H]2OC)CC1. The number of nitrogens with two attached hydrogens (primary N) is 1. The van der Waals surface area contributed by atoms with Gasteiger partial charge in [-0.3, -0.25) is 4.79 Å². The molecule has 9 nitrogen and oxygen atoms in total. The minimum atomic E-state index is -0.116. The third kappa shape index (κ3) is 7.91. The Labute approximate surface area is 232 Å². The molecule has 0 spiro atoms. The molecule has 3 heterocycles. The third-order valence-corrected chi connectivity index (χ3v) is 8.12. The van der Waals surface area contributed by atoms with Gasteiger partial charge in [0.15, 0.2) is 0 Å². The molecular weight excluding hydrogens is 494 g/mol. The molecule has 0 unspecified atom stereocenters. The molecule has 0 aromatic heterocycles. The lowest BCUT2D eigenvalue weighted by Crippen LogP contribution is -2.54. The molecule has 4 rings (SSSR count). The fraction of sp³-hybridized carbons (Fsp3) is 0.600. The van der Waals surface area contributed by atoms with Gasteiger partial charge >= 0.3 is 0 Å². The molecule has 39 heavy (non-hydrogen) atoms. The fourth-order valence-electron chi connectivity index (χ4n) is 5.70. The van der Waals surface area contributed by atoms with E-state index in [1.807, 2.05) is 17.9 Å². The largest absolute Gasteiger partial charge is 0.390 e. The second-order valence-electron chi connectivity index (χ2n) is 10.7. The van der Waals surface area contributed by atoms with Gasteiger partial charge in [-0.05, 0) is 51.0 Å². The summed E-state index contributed by atoms with van der Waals surface area (Å²) in [6.45, 7) is 9.37. The summed E-state index contributed by atoms with van der Waals surface area (Å²) >= 11 is 0. The monoisotopic (exact) mass is 539 g/mol. The number of ether oxygens (including phenoxy) is 3. The molecule has 214 valence electrons. The Hall–Kier alpha value is -2.72. The van der Waals surface area contributed by atoms with Crippen LogP contribution in [0.15, 0.2) is 58.9 Å². The number of carbonyl (C=O) groups excluding carboxylic acids is 1. The lowest BCUT2D eigenvalue weighted by atomic mass is 9.98. The van der Waals surface area contributed by atoms with Crippen LogP contribution in [-0.2, 0) is 19.0 Å². The van der Waals surface area contributed by atoms with E-state index >= 15 is 0 Å². The summed E-state index contributed by atoms with van der Waals surface area (Å²) in [5.41, 5.74) is 8.56. The number of methoxy groups -OCH3 is 1. The van der Waals surface area contributed by atoms with E-state index in [2.05, 4.69) is 46.5 Å². The Morgan fingerprint density at radius 3 is 2.69 bits per heavy atom. The van der Waals surface area contributed by atoms with Crippen LogP contribution in [0, 0.1) is 0 Å². The number of nitrogens with one attached hydrogen (secondary N) is 2. The van der Waals surface area contributed by atoms with E-state index in [1.54, 1.807) is 7.11 Å². The number of rotatable bonds is 10. The molecule has 1 aromatic carbocycles. The smallest absolute Gasteiger partial charge is 0.272 e. The van der Waals surface area contributed by atoms with Crippen molar-refractivity contribution < 1.29 is 19.0 Å². The molecule has 0 bridgehead atoms. The lowest BCUT2D eigenvalue weighted by molar-refractivity contribution is -0.128. The van der Waals surface area contributed by atoms with Crippen LogP contribution in [0.25, 0.3) is 0 Å². The molecule has 0 radical (unpaired) electrons. The average molecular weight is 540 g/mol. The number of likely N-dealkylation sites (tertiary alicyclic amines) is 1. The maximum absolute atomic E-state index is 13.5. The van der Waals surface area contributed by atoms with E-state index in [1.165, 1.54) is 11.9 Å². The highest BCUT2D eigenvalue weighted by Gasteiger charge is 2.31. The van der Waals surface area contributed by atoms with Gasteiger partial charge < -0.3 is 35.5 Å². The maximum atomic E-state index is 13.5. The fourth-order valence-corrected chi connectivity index (χ4v) is 5.70. The normalized spacial score (nSPS) is 27.3. The topological polar surface area (TPSA) is 110 Å².